The highest BCUT2D eigenvalue weighted by atomic mass is 79.9. The van der Waals surface area contributed by atoms with Crippen molar-refractivity contribution in [2.24, 2.45) is 4.36 Å². The van der Waals surface area contributed by atoms with Gasteiger partial charge in [-0.2, -0.15) is 4.36 Å². The highest BCUT2D eigenvalue weighted by Gasteiger charge is 2.02. The predicted octanol–water partition coefficient (Wildman–Crippen LogP) is 3.59. The molecular formula is C10H14BrNOS. The molecule has 1 aromatic carbocycles. The van der Waals surface area contributed by atoms with E-state index in [0.717, 1.165) is 10.2 Å². The Morgan fingerprint density at radius 1 is 1.36 bits per heavy atom. The van der Waals surface area contributed by atoms with Crippen LogP contribution in [-0.2, 0) is 9.73 Å². The highest BCUT2D eigenvalue weighted by molar-refractivity contribution is 9.10. The van der Waals surface area contributed by atoms with Crippen molar-refractivity contribution in [1.29, 1.82) is 0 Å². The molecule has 1 aromatic rings. The monoisotopic (exact) mass is 275 g/mol. The van der Waals surface area contributed by atoms with Crippen LogP contribution < -0.4 is 0 Å². The minimum absolute atomic E-state index is 0.607. The second kappa shape index (κ2) is 4.94. The Bertz CT molecular complexity index is 412. The Morgan fingerprint density at radius 2 is 2.00 bits per heavy atom. The molecule has 2 nitrogen and oxygen atoms in total. The number of halogens is 1. The molecule has 0 N–H and O–H groups in total. The van der Waals surface area contributed by atoms with Crippen LogP contribution in [0.15, 0.2) is 33.1 Å². The maximum Gasteiger partial charge on any atom is 0.0741 e. The van der Waals surface area contributed by atoms with E-state index in [2.05, 4.69) is 20.3 Å². The van der Waals surface area contributed by atoms with Crippen molar-refractivity contribution in [3.8, 4) is 0 Å². The van der Waals surface area contributed by atoms with Crippen LogP contribution in [0.3, 0.4) is 0 Å². The second-order valence-electron chi connectivity index (χ2n) is 2.92. The van der Waals surface area contributed by atoms with E-state index in [-0.39, 0.29) is 0 Å². The molecule has 0 aliphatic carbocycles. The van der Waals surface area contributed by atoms with Crippen LogP contribution in [-0.4, -0.2) is 15.7 Å². The van der Waals surface area contributed by atoms with Crippen LogP contribution in [0.25, 0.3) is 0 Å². The summed E-state index contributed by atoms with van der Waals surface area (Å²) in [5.41, 5.74) is 0.785. The highest BCUT2D eigenvalue weighted by Crippen LogP contribution is 2.20. The summed E-state index contributed by atoms with van der Waals surface area (Å²) in [4.78, 5) is 0. The first-order valence-corrected chi connectivity index (χ1v) is 7.22. The molecule has 0 unspecified atom stereocenters. The number of hydrogen-bond acceptors (Lipinski definition) is 2. The molecular weight excluding hydrogens is 262 g/mol. The lowest BCUT2D eigenvalue weighted by atomic mass is 10.3. The molecule has 0 bridgehead atoms. The average molecular weight is 276 g/mol. The maximum absolute atomic E-state index is 12.0. The quantitative estimate of drug-likeness (QED) is 0.829. The zero-order chi connectivity index (χ0) is 10.6. The normalized spacial score (nSPS) is 11.4. The van der Waals surface area contributed by atoms with Crippen LogP contribution in [0.4, 0.5) is 5.69 Å². The molecule has 0 heterocycles. The third-order valence-corrected chi connectivity index (χ3v) is 4.82. The summed E-state index contributed by atoms with van der Waals surface area (Å²) >= 11 is 3.36. The molecule has 0 atom stereocenters. The first kappa shape index (κ1) is 11.7. The molecule has 0 aliphatic rings. The van der Waals surface area contributed by atoms with Crippen LogP contribution in [0.2, 0.25) is 0 Å². The third-order valence-electron chi connectivity index (χ3n) is 1.98. The maximum atomic E-state index is 12.0. The number of benzene rings is 1. The van der Waals surface area contributed by atoms with Gasteiger partial charge in [0.05, 0.1) is 15.4 Å². The van der Waals surface area contributed by atoms with Gasteiger partial charge in [0, 0.05) is 16.0 Å². The van der Waals surface area contributed by atoms with Gasteiger partial charge in [0.1, 0.15) is 0 Å². The first-order chi connectivity index (χ1) is 6.59. The Balaban J connectivity index is 3.14. The second-order valence-corrected chi connectivity index (χ2v) is 6.72. The Labute approximate surface area is 94.0 Å². The lowest BCUT2D eigenvalue weighted by Crippen LogP contribution is -2.04. The van der Waals surface area contributed by atoms with Crippen molar-refractivity contribution < 1.29 is 4.21 Å². The molecule has 0 aromatic heterocycles. The summed E-state index contributed by atoms with van der Waals surface area (Å²) in [5.74, 6) is 1.21. The fraction of sp³-hybridized carbons (Fsp3) is 0.400. The van der Waals surface area contributed by atoms with E-state index < -0.39 is 9.73 Å². The van der Waals surface area contributed by atoms with Gasteiger partial charge in [-0.25, -0.2) is 4.21 Å². The van der Waals surface area contributed by atoms with Crippen LogP contribution in [0, 0.1) is 0 Å². The van der Waals surface area contributed by atoms with E-state index in [4.69, 9.17) is 0 Å². The third kappa shape index (κ3) is 3.10. The molecule has 0 amide bonds. The Hall–Kier alpha value is -0.350. The average Bonchev–Trinajstić information content (AvgIpc) is 2.18. The summed E-state index contributed by atoms with van der Waals surface area (Å²) in [5, 5.41) is 0. The standard InChI is InChI=1S/C10H14BrNOS/c1-3-14(13,4-2)12-10-7-5-6-9(11)8-10/h5-8H,3-4H2,1-2H3. The largest absolute Gasteiger partial charge is 0.249 e. The zero-order valence-corrected chi connectivity index (χ0v) is 10.8. The van der Waals surface area contributed by atoms with Crippen molar-refractivity contribution in [3.63, 3.8) is 0 Å². The smallest absolute Gasteiger partial charge is 0.0741 e. The van der Waals surface area contributed by atoms with Gasteiger partial charge in [-0.15, -0.1) is 0 Å². The fourth-order valence-corrected chi connectivity index (χ4v) is 2.61. The van der Waals surface area contributed by atoms with Crippen molar-refractivity contribution in [2.75, 3.05) is 11.5 Å². The molecule has 0 spiro atoms. The van der Waals surface area contributed by atoms with Gasteiger partial charge in [-0.1, -0.05) is 35.8 Å². The van der Waals surface area contributed by atoms with Crippen LogP contribution in [0.5, 0.6) is 0 Å². The summed E-state index contributed by atoms with van der Waals surface area (Å²) in [6, 6.07) is 7.58. The molecule has 1 rings (SSSR count). The lowest BCUT2D eigenvalue weighted by Gasteiger charge is -2.03. The van der Waals surface area contributed by atoms with E-state index in [9.17, 15) is 4.21 Å². The summed E-state index contributed by atoms with van der Waals surface area (Å²) in [7, 11) is -2.03. The van der Waals surface area contributed by atoms with Crippen molar-refractivity contribution >= 4 is 31.3 Å². The van der Waals surface area contributed by atoms with E-state index in [1.54, 1.807) is 0 Å². The van der Waals surface area contributed by atoms with E-state index in [1.165, 1.54) is 0 Å². The van der Waals surface area contributed by atoms with Crippen molar-refractivity contribution in [2.45, 2.75) is 13.8 Å². The van der Waals surface area contributed by atoms with Crippen molar-refractivity contribution in [1.82, 2.24) is 0 Å². The molecule has 0 saturated heterocycles. The van der Waals surface area contributed by atoms with Crippen LogP contribution in [0.1, 0.15) is 13.8 Å². The molecule has 78 valence electrons. The molecule has 4 heteroatoms. The summed E-state index contributed by atoms with van der Waals surface area (Å²) in [6.07, 6.45) is 0. The van der Waals surface area contributed by atoms with Gasteiger partial charge in [0.2, 0.25) is 0 Å². The SMILES string of the molecule is CCS(=O)(CC)=Nc1cccc(Br)c1. The first-order valence-electron chi connectivity index (χ1n) is 4.57. The van der Waals surface area contributed by atoms with Crippen molar-refractivity contribution in [3.05, 3.63) is 28.7 Å². The van der Waals surface area contributed by atoms with Gasteiger partial charge in [-0.3, -0.25) is 0 Å². The number of nitrogens with zero attached hydrogens (tertiary/aromatic N) is 1. The van der Waals surface area contributed by atoms with E-state index in [0.29, 0.717) is 11.5 Å². The predicted molar refractivity (Wildman–Crippen MR) is 65.5 cm³/mol. The molecule has 0 saturated carbocycles. The number of hydrogen-bond donors (Lipinski definition) is 0. The van der Waals surface area contributed by atoms with E-state index in [1.807, 2.05) is 38.1 Å². The van der Waals surface area contributed by atoms with Gasteiger partial charge < -0.3 is 0 Å². The molecule has 0 aliphatic heterocycles. The lowest BCUT2D eigenvalue weighted by molar-refractivity contribution is 0.678. The van der Waals surface area contributed by atoms with Gasteiger partial charge in [-0.05, 0) is 18.2 Å². The summed E-state index contributed by atoms with van der Waals surface area (Å²) in [6.45, 7) is 3.82. The van der Waals surface area contributed by atoms with E-state index >= 15 is 0 Å². The molecule has 0 radical (unpaired) electrons. The topological polar surface area (TPSA) is 29.4 Å². The van der Waals surface area contributed by atoms with Gasteiger partial charge in [0.15, 0.2) is 0 Å². The Kier molecular flexibility index (Phi) is 4.13. The molecule has 14 heavy (non-hydrogen) atoms. The Morgan fingerprint density at radius 3 is 2.50 bits per heavy atom. The summed E-state index contributed by atoms with van der Waals surface area (Å²) < 4.78 is 17.3. The zero-order valence-electron chi connectivity index (χ0n) is 8.37. The minimum Gasteiger partial charge on any atom is -0.249 e. The van der Waals surface area contributed by atoms with Crippen LogP contribution >= 0.6 is 15.9 Å². The molecule has 0 fully saturated rings. The number of rotatable bonds is 3. The fourth-order valence-electron chi connectivity index (χ4n) is 1.06. The van der Waals surface area contributed by atoms with Gasteiger partial charge in [0.25, 0.3) is 0 Å². The van der Waals surface area contributed by atoms with Gasteiger partial charge >= 0.3 is 0 Å². The minimum atomic E-state index is -2.03.